The zero-order chi connectivity index (χ0) is 17.2. The van der Waals surface area contributed by atoms with Crippen molar-refractivity contribution in [2.45, 2.75) is 25.7 Å². The average Bonchev–Trinajstić information content (AvgIpc) is 2.51. The van der Waals surface area contributed by atoms with Crippen molar-refractivity contribution < 1.29 is 24.3 Å². The first-order valence-electron chi connectivity index (χ1n) is 6.72. The summed E-state index contributed by atoms with van der Waals surface area (Å²) in [4.78, 5) is 44.6. The standard InChI is InChI=1S/C14H16ClN3O5/c15-9-3-1-2-4-10(9)16-11(19)5-6-12(20)17-18-13(21)7-8-14(22)23/h1-4H,5-8H2,(H,16,19)(H,17,20)(H,18,21)(H,22,23). The number of hydrogen-bond acceptors (Lipinski definition) is 4. The third kappa shape index (κ3) is 7.82. The van der Waals surface area contributed by atoms with E-state index in [1.807, 2.05) is 0 Å². The van der Waals surface area contributed by atoms with Crippen LogP contribution in [0.25, 0.3) is 0 Å². The summed E-state index contributed by atoms with van der Waals surface area (Å²) in [6.45, 7) is 0. The Morgan fingerprint density at radius 2 is 1.39 bits per heavy atom. The van der Waals surface area contributed by atoms with Crippen molar-refractivity contribution in [3.63, 3.8) is 0 Å². The van der Waals surface area contributed by atoms with Crippen LogP contribution in [0.2, 0.25) is 5.02 Å². The molecule has 0 saturated carbocycles. The minimum Gasteiger partial charge on any atom is -0.481 e. The number of hydrogen-bond donors (Lipinski definition) is 4. The van der Waals surface area contributed by atoms with Crippen molar-refractivity contribution >= 4 is 41.0 Å². The Morgan fingerprint density at radius 3 is 1.96 bits per heavy atom. The zero-order valence-corrected chi connectivity index (χ0v) is 12.9. The molecular formula is C14H16ClN3O5. The largest absolute Gasteiger partial charge is 0.481 e. The van der Waals surface area contributed by atoms with Gasteiger partial charge in [0.1, 0.15) is 0 Å². The van der Waals surface area contributed by atoms with Gasteiger partial charge in [-0.25, -0.2) is 0 Å². The van der Waals surface area contributed by atoms with Crippen LogP contribution < -0.4 is 16.2 Å². The molecule has 0 aliphatic rings. The molecule has 0 radical (unpaired) electrons. The second-order valence-corrected chi connectivity index (χ2v) is 4.93. The maximum absolute atomic E-state index is 11.7. The van der Waals surface area contributed by atoms with Crippen molar-refractivity contribution in [2.75, 3.05) is 5.32 Å². The molecule has 124 valence electrons. The monoisotopic (exact) mass is 341 g/mol. The zero-order valence-electron chi connectivity index (χ0n) is 12.1. The van der Waals surface area contributed by atoms with Gasteiger partial charge in [0.2, 0.25) is 17.7 Å². The number of hydrazine groups is 1. The number of amides is 3. The van der Waals surface area contributed by atoms with Crippen LogP contribution in [0.5, 0.6) is 0 Å². The van der Waals surface area contributed by atoms with Gasteiger partial charge in [0.05, 0.1) is 17.1 Å². The molecule has 0 atom stereocenters. The fourth-order valence-corrected chi connectivity index (χ4v) is 1.67. The molecule has 1 aromatic rings. The average molecular weight is 342 g/mol. The summed E-state index contributed by atoms with van der Waals surface area (Å²) in [5.41, 5.74) is 4.61. The van der Waals surface area contributed by atoms with Crippen LogP contribution >= 0.6 is 11.6 Å². The van der Waals surface area contributed by atoms with Crippen molar-refractivity contribution in [3.05, 3.63) is 29.3 Å². The summed E-state index contributed by atoms with van der Waals surface area (Å²) < 4.78 is 0. The van der Waals surface area contributed by atoms with Crippen LogP contribution in [-0.2, 0) is 19.2 Å². The maximum atomic E-state index is 11.7. The highest BCUT2D eigenvalue weighted by atomic mass is 35.5. The Hall–Kier alpha value is -2.61. The highest BCUT2D eigenvalue weighted by molar-refractivity contribution is 6.33. The molecule has 0 unspecified atom stereocenters. The van der Waals surface area contributed by atoms with Crippen LogP contribution in [0.1, 0.15) is 25.7 Å². The van der Waals surface area contributed by atoms with Gasteiger partial charge < -0.3 is 10.4 Å². The van der Waals surface area contributed by atoms with Crippen molar-refractivity contribution in [1.29, 1.82) is 0 Å². The molecule has 0 heterocycles. The van der Waals surface area contributed by atoms with E-state index in [2.05, 4.69) is 16.2 Å². The number of rotatable bonds is 7. The predicted molar refractivity (Wildman–Crippen MR) is 82.5 cm³/mol. The Balaban J connectivity index is 2.25. The van der Waals surface area contributed by atoms with Gasteiger partial charge in [0.25, 0.3) is 0 Å². The molecule has 0 aromatic heterocycles. The summed E-state index contributed by atoms with van der Waals surface area (Å²) in [5.74, 6) is -2.70. The molecule has 8 nitrogen and oxygen atoms in total. The number of carbonyl (C=O) groups is 4. The number of para-hydroxylation sites is 1. The molecular weight excluding hydrogens is 326 g/mol. The molecule has 0 aliphatic carbocycles. The molecule has 4 N–H and O–H groups in total. The van der Waals surface area contributed by atoms with E-state index in [0.717, 1.165) is 0 Å². The van der Waals surface area contributed by atoms with E-state index in [0.29, 0.717) is 10.7 Å². The Bertz CT molecular complexity index is 606. The van der Waals surface area contributed by atoms with Gasteiger partial charge in [0, 0.05) is 19.3 Å². The third-order valence-electron chi connectivity index (χ3n) is 2.63. The molecule has 1 rings (SSSR count). The minimum atomic E-state index is -1.11. The van der Waals surface area contributed by atoms with Crippen LogP contribution in [0.4, 0.5) is 5.69 Å². The van der Waals surface area contributed by atoms with Gasteiger partial charge in [-0.3, -0.25) is 30.0 Å². The number of anilines is 1. The predicted octanol–water partition coefficient (Wildman–Crippen LogP) is 1.07. The van der Waals surface area contributed by atoms with Gasteiger partial charge in [-0.2, -0.15) is 0 Å². The van der Waals surface area contributed by atoms with E-state index in [9.17, 15) is 19.2 Å². The van der Waals surface area contributed by atoms with Crippen molar-refractivity contribution in [1.82, 2.24) is 10.9 Å². The lowest BCUT2D eigenvalue weighted by molar-refractivity contribution is -0.139. The van der Waals surface area contributed by atoms with E-state index >= 15 is 0 Å². The van der Waals surface area contributed by atoms with E-state index in [1.54, 1.807) is 24.3 Å². The molecule has 0 fully saturated rings. The SMILES string of the molecule is O=C(O)CCC(=O)NNC(=O)CCC(=O)Nc1ccccc1Cl. The summed E-state index contributed by atoms with van der Waals surface area (Å²) in [5, 5.41) is 11.3. The molecule has 0 bridgehead atoms. The second-order valence-electron chi connectivity index (χ2n) is 4.52. The summed E-state index contributed by atoms with van der Waals surface area (Å²) in [7, 11) is 0. The quantitative estimate of drug-likeness (QED) is 0.552. The number of benzene rings is 1. The lowest BCUT2D eigenvalue weighted by Gasteiger charge is -2.08. The van der Waals surface area contributed by atoms with Gasteiger partial charge in [0.15, 0.2) is 0 Å². The van der Waals surface area contributed by atoms with Gasteiger partial charge >= 0.3 is 5.97 Å². The molecule has 3 amide bonds. The topological polar surface area (TPSA) is 125 Å². The normalized spacial score (nSPS) is 9.78. The maximum Gasteiger partial charge on any atom is 0.303 e. The number of aliphatic carboxylic acids is 1. The van der Waals surface area contributed by atoms with Crippen LogP contribution in [0.15, 0.2) is 24.3 Å². The summed E-state index contributed by atoms with van der Waals surface area (Å²) in [6.07, 6.45) is -0.817. The van der Waals surface area contributed by atoms with Crippen molar-refractivity contribution in [3.8, 4) is 0 Å². The van der Waals surface area contributed by atoms with E-state index in [4.69, 9.17) is 16.7 Å². The van der Waals surface area contributed by atoms with E-state index in [-0.39, 0.29) is 25.7 Å². The minimum absolute atomic E-state index is 0.0952. The van der Waals surface area contributed by atoms with Gasteiger partial charge in [-0.05, 0) is 12.1 Å². The molecule has 9 heteroatoms. The van der Waals surface area contributed by atoms with Crippen LogP contribution in [-0.4, -0.2) is 28.8 Å². The fourth-order valence-electron chi connectivity index (χ4n) is 1.49. The number of nitrogens with one attached hydrogen (secondary N) is 3. The number of halogens is 1. The fraction of sp³-hybridized carbons (Fsp3) is 0.286. The second kappa shape index (κ2) is 9.42. The van der Waals surface area contributed by atoms with Crippen LogP contribution in [0, 0.1) is 0 Å². The van der Waals surface area contributed by atoms with Crippen LogP contribution in [0.3, 0.4) is 0 Å². The van der Waals surface area contributed by atoms with Crippen molar-refractivity contribution in [2.24, 2.45) is 0 Å². The lowest BCUT2D eigenvalue weighted by atomic mass is 10.2. The number of carbonyl (C=O) groups excluding carboxylic acids is 3. The first kappa shape index (κ1) is 18.4. The molecule has 0 aliphatic heterocycles. The van der Waals surface area contributed by atoms with Gasteiger partial charge in [-0.15, -0.1) is 0 Å². The number of carboxylic acid groups (broad SMARTS) is 1. The molecule has 0 spiro atoms. The molecule has 23 heavy (non-hydrogen) atoms. The smallest absolute Gasteiger partial charge is 0.303 e. The lowest BCUT2D eigenvalue weighted by Crippen LogP contribution is -2.41. The highest BCUT2D eigenvalue weighted by Gasteiger charge is 2.10. The van der Waals surface area contributed by atoms with Gasteiger partial charge in [-0.1, -0.05) is 23.7 Å². The molecule has 1 aromatic carbocycles. The Labute approximate surface area is 137 Å². The van der Waals surface area contributed by atoms with E-state index < -0.39 is 23.7 Å². The Morgan fingerprint density at radius 1 is 0.870 bits per heavy atom. The first-order chi connectivity index (χ1) is 10.9. The number of carboxylic acids is 1. The summed E-state index contributed by atoms with van der Waals surface area (Å²) in [6, 6.07) is 6.68. The third-order valence-corrected chi connectivity index (χ3v) is 2.96. The first-order valence-corrected chi connectivity index (χ1v) is 7.10. The van der Waals surface area contributed by atoms with E-state index in [1.165, 1.54) is 0 Å². The Kier molecular flexibility index (Phi) is 7.55. The highest BCUT2D eigenvalue weighted by Crippen LogP contribution is 2.20. The summed E-state index contributed by atoms with van der Waals surface area (Å²) >= 11 is 5.88. The molecule has 0 saturated heterocycles.